The van der Waals surface area contributed by atoms with E-state index in [9.17, 15) is 85.0 Å². The third kappa shape index (κ3) is 24.8. The Morgan fingerprint density at radius 2 is 0.647 bits per heavy atom. The molecule has 11 aromatic rings. The SMILES string of the molecule is Cc1ccc([N+](=O)[O-])cc1S(=O)(=O)N1CCC(N2C(=O)OCc3cc(Br)ccc32)CC1.Cc1cccc(S(=O)(=O)N2CCC(N3C(=O)OCc4cc(Br)ccc43)CC2)c1.O=C1OCc2cc(Br)ccc2N1C1CCN(S(=O)(=O)c2cc(F)c(Br)cc2F)CC1.O=C1OCc2cc(Br)ccc2N1C1CCN(S(=O)(=O)c2ccc(Oc3ccc(Br)cc3)cc2)CC1.O=C1OCc2cc(Br)ccc2N1C1CCN(S(=O)(=O)c2cccs2)CC1. The molecule has 0 atom stereocenters. The van der Waals surface area contributed by atoms with Crippen LogP contribution in [0.25, 0.3) is 0 Å². The Kier molecular flexibility index (Phi) is 35.1. The standard InChI is InChI=1S/C25H22Br2N2O5S.C20H20BrN3O6S.C20H21BrN2O4S.C19H16Br2F2N2O4S.C17H17BrN2O4S2/c26-18-1-4-21(5-2-18)34-22-6-8-23(9-7-22)35(31,32)28-13-11-20(12-14-28)29-24-10-3-19(27)15-17(24)16-33-25(29)30;1-13-2-4-17(24(26)27)11-19(13)31(28,29)22-8-6-16(7-9-22)23-18-5-3-15(21)10-14(18)12-30-20(23)25;1-14-3-2-4-18(11-14)28(25,26)22-9-7-17(8-10-22)23-19-6-5-16(21)12-15(19)13-27-20(23)24;20-12-1-2-17-11(7-12)10-29-19(26)25(17)13-3-5-24(6-4-13)30(27,28)18-9-15(22)14(21)8-16(18)23;18-13-3-4-15-12(10-13)11-24-17(21)20(15)14-5-7-19(8-6-14)26(22,23)16-2-1-9-25-16/h1-10,15,20H,11-14,16H2;2-5,10-11,16H,6-9,12H2,1H3;2-6,11-12,17H,7-10,13H2,1H3;1-2,7-9,13H,3-6,10H2;1-4,9-10,14H,5-8,11H2. The molecule has 21 rings (SSSR count). The van der Waals surface area contributed by atoms with Crippen LogP contribution < -0.4 is 29.2 Å². The van der Waals surface area contributed by atoms with Crippen LogP contribution in [0.1, 0.15) is 103 Å². The van der Waals surface area contributed by atoms with Crippen molar-refractivity contribution in [3.05, 3.63) is 304 Å². The summed E-state index contributed by atoms with van der Waals surface area (Å²) >= 11 is 24.6. The first-order chi connectivity index (χ1) is 71.5. The van der Waals surface area contributed by atoms with Crippen molar-refractivity contribution < 1.29 is 108 Å². The first-order valence-corrected chi connectivity index (χ1v) is 60.9. The number of aryl methyl sites for hydroxylation is 2. The number of rotatable bonds is 18. The van der Waals surface area contributed by atoms with E-state index in [1.165, 1.54) is 40.7 Å². The summed E-state index contributed by atoms with van der Waals surface area (Å²) in [4.78, 5) is 80.7. The Hall–Kier alpha value is -9.78. The first kappa shape index (κ1) is 111. The fourth-order valence-electron chi connectivity index (χ4n) is 19.4. The van der Waals surface area contributed by atoms with Crippen LogP contribution in [0.15, 0.2) is 267 Å². The zero-order valence-corrected chi connectivity index (χ0v) is 95.9. The number of ether oxygens (including phenoxy) is 6. The highest BCUT2D eigenvalue weighted by atomic mass is 79.9. The van der Waals surface area contributed by atoms with Crippen LogP contribution in [-0.4, -0.2) is 195 Å². The van der Waals surface area contributed by atoms with Crippen molar-refractivity contribution in [2.45, 2.75) is 165 Å². The Morgan fingerprint density at radius 3 is 0.973 bits per heavy atom. The van der Waals surface area contributed by atoms with Gasteiger partial charge in [0, 0.05) is 162 Å². The predicted octanol–water partition coefficient (Wildman–Crippen LogP) is 23.0. The molecule has 792 valence electrons. The van der Waals surface area contributed by atoms with Gasteiger partial charge < -0.3 is 28.4 Å². The number of hydrogen-bond donors (Lipinski definition) is 0. The van der Waals surface area contributed by atoms with E-state index in [2.05, 4.69) is 112 Å². The number of halogens is 9. The summed E-state index contributed by atoms with van der Waals surface area (Å²) in [6, 6.07) is 57.1. The van der Waals surface area contributed by atoms with Gasteiger partial charge in [0.2, 0.25) is 40.1 Å². The number of nitro groups is 1. The maximum atomic E-state index is 14.2. The molecule has 0 spiro atoms. The summed E-state index contributed by atoms with van der Waals surface area (Å²) in [7, 11) is -18.7. The summed E-state index contributed by atoms with van der Waals surface area (Å²) in [5, 5.41) is 12.8. The smallest absolute Gasteiger partial charge is 0.414 e. The summed E-state index contributed by atoms with van der Waals surface area (Å²) in [5.74, 6) is -0.664. The van der Waals surface area contributed by atoms with Crippen molar-refractivity contribution in [3.63, 3.8) is 0 Å². The first-order valence-electron chi connectivity index (χ1n) is 47.3. The van der Waals surface area contributed by atoms with Crippen LogP contribution in [0.3, 0.4) is 0 Å². The summed E-state index contributed by atoms with van der Waals surface area (Å²) in [6.45, 7) is 7.31. The van der Waals surface area contributed by atoms with Gasteiger partial charge in [0.05, 0.1) is 52.5 Å². The fraction of sp³-hybridized carbons (Fsp3) is 0.317. The molecule has 34 nitrogen and oxygen atoms in total. The van der Waals surface area contributed by atoms with E-state index in [0.717, 1.165) is 105 Å². The normalized spacial score (nSPS) is 18.2. The molecule has 1 aromatic heterocycles. The highest BCUT2D eigenvalue weighted by molar-refractivity contribution is 9.11. The lowest BCUT2D eigenvalue weighted by Gasteiger charge is -2.39. The summed E-state index contributed by atoms with van der Waals surface area (Å²) < 4.78 is 203. The number of cyclic esters (lactones) is 5. The second-order valence-electron chi connectivity index (χ2n) is 36.3. The maximum absolute atomic E-state index is 14.2. The number of carbonyl (C=O) groups is 5. The van der Waals surface area contributed by atoms with Crippen molar-refractivity contribution in [2.75, 3.05) is 89.9 Å². The summed E-state index contributed by atoms with van der Waals surface area (Å²) in [5.41, 5.74) is 9.70. The molecule has 0 bridgehead atoms. The van der Waals surface area contributed by atoms with Crippen LogP contribution in [0.2, 0.25) is 0 Å². The van der Waals surface area contributed by atoms with Gasteiger partial charge in [0.25, 0.3) is 15.7 Å². The molecular formula is C101H96Br7F2N11O23S6. The Balaban J connectivity index is 0.000000128. The van der Waals surface area contributed by atoms with Gasteiger partial charge in [-0.2, -0.15) is 21.5 Å². The second kappa shape index (κ2) is 47.3. The van der Waals surface area contributed by atoms with Crippen LogP contribution in [0.5, 0.6) is 11.5 Å². The monoisotopic (exact) mass is 2610 g/mol. The van der Waals surface area contributed by atoms with Gasteiger partial charge in [-0.3, -0.25) is 34.6 Å². The molecule has 0 unspecified atom stereocenters. The van der Waals surface area contributed by atoms with Crippen molar-refractivity contribution in [1.29, 1.82) is 0 Å². The Labute approximate surface area is 928 Å². The van der Waals surface area contributed by atoms with Gasteiger partial charge in [-0.15, -0.1) is 11.3 Å². The minimum absolute atomic E-state index is 0.0623. The molecule has 0 radical (unpaired) electrons. The van der Waals surface area contributed by atoms with Gasteiger partial charge in [-0.25, -0.2) is 74.8 Å². The third-order valence-electron chi connectivity index (χ3n) is 27.0. The highest BCUT2D eigenvalue weighted by Crippen LogP contribution is 2.44. The molecule has 0 saturated carbocycles. The number of nitrogens with zero attached hydrogens (tertiary/aromatic N) is 11. The molecule has 11 heterocycles. The number of piperidine rings is 5. The number of anilines is 5. The molecule has 5 saturated heterocycles. The van der Waals surface area contributed by atoms with Gasteiger partial charge in [-0.05, 0) is 280 Å². The number of thiophene rings is 1. The predicted molar refractivity (Wildman–Crippen MR) is 581 cm³/mol. The molecule has 150 heavy (non-hydrogen) atoms. The molecule has 10 aromatic carbocycles. The molecule has 49 heteroatoms. The number of non-ortho nitro benzene ring substituents is 1. The molecule has 5 amide bonds. The van der Waals surface area contributed by atoms with E-state index in [-0.39, 0.29) is 128 Å². The number of amides is 5. The van der Waals surface area contributed by atoms with E-state index < -0.39 is 83.8 Å². The van der Waals surface area contributed by atoms with E-state index >= 15 is 0 Å². The lowest BCUT2D eigenvalue weighted by molar-refractivity contribution is -0.385. The minimum atomic E-state index is -4.21. The molecule has 10 aliphatic rings. The Morgan fingerprint density at radius 1 is 0.333 bits per heavy atom. The number of benzene rings is 10. The molecule has 0 N–H and O–H groups in total. The average Bonchev–Trinajstić information content (AvgIpc) is 1.18. The van der Waals surface area contributed by atoms with E-state index in [4.69, 9.17) is 28.4 Å². The second-order valence-corrected chi connectivity index (χ2v) is 53.5. The van der Waals surface area contributed by atoms with Gasteiger partial charge in [0.15, 0.2) is 0 Å². The van der Waals surface area contributed by atoms with Gasteiger partial charge in [-0.1, -0.05) is 120 Å². The largest absolute Gasteiger partial charge is 0.457 e. The van der Waals surface area contributed by atoms with Crippen LogP contribution in [0, 0.1) is 35.6 Å². The molecule has 10 aliphatic heterocycles. The van der Waals surface area contributed by atoms with Gasteiger partial charge >= 0.3 is 30.5 Å². The number of carbonyl (C=O) groups excluding carboxylic acids is 5. The van der Waals surface area contributed by atoms with Gasteiger partial charge in [0.1, 0.15) is 65.3 Å². The average molecular weight is 2620 g/mol. The van der Waals surface area contributed by atoms with Crippen molar-refractivity contribution in [2.24, 2.45) is 0 Å². The van der Waals surface area contributed by atoms with Crippen LogP contribution in [0.4, 0.5) is 66.9 Å². The van der Waals surface area contributed by atoms with Crippen molar-refractivity contribution >= 4 is 238 Å². The maximum Gasteiger partial charge on any atom is 0.414 e. The number of nitro benzene ring substituents is 1. The zero-order chi connectivity index (χ0) is 107. The molecule has 0 aliphatic carbocycles. The fourth-order valence-corrected chi connectivity index (χ4v) is 30.9. The van der Waals surface area contributed by atoms with Crippen molar-refractivity contribution in [3.8, 4) is 11.5 Å². The van der Waals surface area contributed by atoms with Crippen molar-refractivity contribution in [1.82, 2.24) is 21.5 Å². The zero-order valence-electron chi connectivity index (χ0n) is 79.9. The number of hydrogen-bond acceptors (Lipinski definition) is 24. The topological polar surface area (TPSA) is 387 Å². The summed E-state index contributed by atoms with van der Waals surface area (Å²) in [6.07, 6.45) is 2.83. The Bertz CT molecular complexity index is 7630. The molecular weight excluding hydrogens is 2520 g/mol. The van der Waals surface area contributed by atoms with Crippen LogP contribution >= 0.6 is 123 Å². The minimum Gasteiger partial charge on any atom is -0.457 e. The van der Waals surface area contributed by atoms with Crippen LogP contribution in [-0.2, 0) is 107 Å². The quantitative estimate of drug-likeness (QED) is 0.0333. The van der Waals surface area contributed by atoms with E-state index in [1.54, 1.807) is 91.4 Å². The highest BCUT2D eigenvalue weighted by Gasteiger charge is 2.46. The van der Waals surface area contributed by atoms with E-state index in [1.807, 2.05) is 128 Å². The lowest BCUT2D eigenvalue weighted by atomic mass is 10.0. The number of fused-ring (bicyclic) bond motifs is 5. The lowest BCUT2D eigenvalue weighted by Crippen LogP contribution is -2.50. The third-order valence-corrected chi connectivity index (χ3v) is 41.6. The molecule has 5 fully saturated rings. The number of sulfonamides is 5. The van der Waals surface area contributed by atoms with E-state index in [0.29, 0.717) is 136 Å².